The third-order valence-electron chi connectivity index (χ3n) is 6.75. The fraction of sp³-hybridized carbons (Fsp3) is 0.310. The number of ether oxygens (including phenoxy) is 4. The van der Waals surface area contributed by atoms with E-state index in [9.17, 15) is 9.59 Å². The van der Waals surface area contributed by atoms with E-state index in [0.29, 0.717) is 46.5 Å². The number of fused-ring (bicyclic) bond motifs is 1. The van der Waals surface area contributed by atoms with Gasteiger partial charge in [-0.3, -0.25) is 14.4 Å². The van der Waals surface area contributed by atoms with Crippen molar-refractivity contribution in [3.63, 3.8) is 0 Å². The van der Waals surface area contributed by atoms with Gasteiger partial charge in [0.05, 0.1) is 39.3 Å². The Bertz CT molecular complexity index is 1310. The number of carbonyl (C=O) groups excluding carboxylic acids is 2. The summed E-state index contributed by atoms with van der Waals surface area (Å²) in [7, 11) is 4.62. The first-order valence-corrected chi connectivity index (χ1v) is 12.4. The van der Waals surface area contributed by atoms with Crippen LogP contribution in [0.5, 0.6) is 23.0 Å². The van der Waals surface area contributed by atoms with Crippen molar-refractivity contribution < 1.29 is 33.4 Å². The fourth-order valence-corrected chi connectivity index (χ4v) is 4.98. The number of rotatable bonds is 9. The summed E-state index contributed by atoms with van der Waals surface area (Å²) in [6, 6.07) is 19.1. The summed E-state index contributed by atoms with van der Waals surface area (Å²) in [6.45, 7) is 2.61. The molecule has 3 aromatic rings. The number of anilines is 2. The summed E-state index contributed by atoms with van der Waals surface area (Å²) in [6.07, 6.45) is -0.133. The molecule has 0 unspecified atom stereocenters. The molecule has 2 aliphatic heterocycles. The molecule has 9 nitrogen and oxygen atoms in total. The quantitative estimate of drug-likeness (QED) is 0.382. The van der Waals surface area contributed by atoms with E-state index in [1.807, 2.05) is 37.3 Å². The van der Waals surface area contributed by atoms with Crippen LogP contribution >= 0.6 is 0 Å². The summed E-state index contributed by atoms with van der Waals surface area (Å²) < 4.78 is 22.4. The monoisotopic (exact) mass is 518 g/mol. The Hall–Kier alpha value is -4.24. The van der Waals surface area contributed by atoms with E-state index in [0.717, 1.165) is 6.42 Å². The molecule has 2 fully saturated rings. The van der Waals surface area contributed by atoms with Gasteiger partial charge in [-0.05, 0) is 48.9 Å². The number of methoxy groups -OCH3 is 3. The maximum atomic E-state index is 14.0. The number of amides is 2. The Morgan fingerprint density at radius 3 is 2.08 bits per heavy atom. The second-order valence-corrected chi connectivity index (χ2v) is 8.96. The molecular weight excluding hydrogens is 488 g/mol. The molecule has 2 amide bonds. The molecule has 9 heteroatoms. The molecule has 2 heterocycles. The molecule has 2 saturated heterocycles. The minimum atomic E-state index is -1.01. The smallest absolute Gasteiger partial charge is 0.266 e. The molecule has 0 bridgehead atoms. The summed E-state index contributed by atoms with van der Waals surface area (Å²) in [4.78, 5) is 35.0. The zero-order valence-electron chi connectivity index (χ0n) is 21.7. The van der Waals surface area contributed by atoms with E-state index in [2.05, 4.69) is 0 Å². The van der Waals surface area contributed by atoms with Crippen molar-refractivity contribution in [3.05, 3.63) is 72.3 Å². The van der Waals surface area contributed by atoms with Crippen LogP contribution in [0.1, 0.15) is 24.9 Å². The molecule has 0 saturated carbocycles. The molecular formula is C29H30N2O7. The lowest BCUT2D eigenvalue weighted by atomic mass is 9.89. The van der Waals surface area contributed by atoms with Crippen LogP contribution in [-0.2, 0) is 14.4 Å². The number of benzene rings is 3. The standard InChI is InChI=1S/C29H30N2O7/c1-5-15-37-20-13-11-18(12-14-20)30-28(32)25-26(21-16-23(35-3)24(36-4)17-22(21)34-2)31(38-27(25)29(30)33)19-9-7-6-8-10-19/h6-14,16-17,25-27H,5,15H2,1-4H3/t25-,26-,27+/m0/s1. The van der Waals surface area contributed by atoms with Crippen molar-refractivity contribution in [3.8, 4) is 23.0 Å². The lowest BCUT2D eigenvalue weighted by molar-refractivity contribution is -0.126. The van der Waals surface area contributed by atoms with Crippen LogP contribution in [0, 0.1) is 5.92 Å². The van der Waals surface area contributed by atoms with Gasteiger partial charge in [0, 0.05) is 11.6 Å². The van der Waals surface area contributed by atoms with Crippen LogP contribution in [0.15, 0.2) is 66.7 Å². The van der Waals surface area contributed by atoms with Gasteiger partial charge in [0.2, 0.25) is 5.91 Å². The Kier molecular flexibility index (Phi) is 7.11. The zero-order valence-corrected chi connectivity index (χ0v) is 21.7. The van der Waals surface area contributed by atoms with Gasteiger partial charge in [0.15, 0.2) is 17.6 Å². The Morgan fingerprint density at radius 2 is 1.45 bits per heavy atom. The van der Waals surface area contributed by atoms with Crippen molar-refractivity contribution in [1.29, 1.82) is 0 Å². The number of para-hydroxylation sites is 1. The van der Waals surface area contributed by atoms with Gasteiger partial charge in [-0.25, -0.2) is 9.96 Å². The summed E-state index contributed by atoms with van der Waals surface area (Å²) >= 11 is 0. The highest BCUT2D eigenvalue weighted by atomic mass is 16.7. The zero-order chi connectivity index (χ0) is 26.8. The second kappa shape index (κ2) is 10.6. The highest BCUT2D eigenvalue weighted by molar-refractivity contribution is 6.24. The largest absolute Gasteiger partial charge is 0.496 e. The van der Waals surface area contributed by atoms with Crippen LogP contribution < -0.4 is 28.9 Å². The topological polar surface area (TPSA) is 86.8 Å². The number of carbonyl (C=O) groups is 2. The predicted octanol–water partition coefficient (Wildman–Crippen LogP) is 4.55. The van der Waals surface area contributed by atoms with E-state index in [1.54, 1.807) is 48.6 Å². The summed E-state index contributed by atoms with van der Waals surface area (Å²) in [5.74, 6) is 0.494. The van der Waals surface area contributed by atoms with Gasteiger partial charge in [-0.2, -0.15) is 0 Å². The molecule has 0 N–H and O–H groups in total. The van der Waals surface area contributed by atoms with Crippen LogP contribution in [0.2, 0.25) is 0 Å². The number of nitrogens with zero attached hydrogens (tertiary/aromatic N) is 2. The number of hydrogen-bond donors (Lipinski definition) is 0. The van der Waals surface area contributed by atoms with Gasteiger partial charge < -0.3 is 18.9 Å². The third-order valence-corrected chi connectivity index (χ3v) is 6.75. The molecule has 0 aromatic heterocycles. The molecule has 2 aliphatic rings. The van der Waals surface area contributed by atoms with Gasteiger partial charge in [0.1, 0.15) is 23.5 Å². The van der Waals surface area contributed by atoms with Crippen molar-refractivity contribution >= 4 is 23.2 Å². The lowest BCUT2D eigenvalue weighted by Gasteiger charge is -2.30. The highest BCUT2D eigenvalue weighted by Crippen LogP contribution is 2.51. The molecule has 3 atom stereocenters. The van der Waals surface area contributed by atoms with Gasteiger partial charge in [0.25, 0.3) is 5.91 Å². The molecule has 3 aromatic carbocycles. The first kappa shape index (κ1) is 25.4. The molecule has 0 aliphatic carbocycles. The molecule has 0 spiro atoms. The Balaban J connectivity index is 1.58. The Labute approximate surface area is 221 Å². The van der Waals surface area contributed by atoms with Crippen molar-refractivity contribution in [2.24, 2.45) is 5.92 Å². The average Bonchev–Trinajstić information content (AvgIpc) is 3.47. The highest BCUT2D eigenvalue weighted by Gasteiger charge is 2.61. The summed E-state index contributed by atoms with van der Waals surface area (Å²) in [5, 5.41) is 1.62. The molecule has 5 rings (SSSR count). The molecule has 0 radical (unpaired) electrons. The third kappa shape index (κ3) is 4.28. The van der Waals surface area contributed by atoms with E-state index < -0.39 is 24.0 Å². The van der Waals surface area contributed by atoms with Crippen LogP contribution in [0.4, 0.5) is 11.4 Å². The van der Waals surface area contributed by atoms with Crippen molar-refractivity contribution in [2.75, 3.05) is 37.9 Å². The number of hydroxylamine groups is 1. The number of imide groups is 1. The second-order valence-electron chi connectivity index (χ2n) is 8.96. The first-order chi connectivity index (χ1) is 18.5. The minimum Gasteiger partial charge on any atom is -0.496 e. The van der Waals surface area contributed by atoms with E-state index >= 15 is 0 Å². The lowest BCUT2D eigenvalue weighted by Crippen LogP contribution is -2.37. The number of hydrogen-bond acceptors (Lipinski definition) is 8. The van der Waals surface area contributed by atoms with Gasteiger partial charge >= 0.3 is 0 Å². The van der Waals surface area contributed by atoms with Crippen LogP contribution in [0.3, 0.4) is 0 Å². The predicted molar refractivity (Wildman–Crippen MR) is 141 cm³/mol. The van der Waals surface area contributed by atoms with Gasteiger partial charge in [-0.1, -0.05) is 25.1 Å². The van der Waals surface area contributed by atoms with E-state index in [4.69, 9.17) is 23.8 Å². The first-order valence-electron chi connectivity index (χ1n) is 12.4. The van der Waals surface area contributed by atoms with E-state index in [-0.39, 0.29) is 5.91 Å². The van der Waals surface area contributed by atoms with Gasteiger partial charge in [-0.15, -0.1) is 0 Å². The molecule has 38 heavy (non-hydrogen) atoms. The SMILES string of the molecule is CCCOc1ccc(N2C(=O)[C@@H]3[C@@H](ON(c4ccccc4)[C@H]3c3cc(OC)c(OC)cc3OC)C2=O)cc1. The summed E-state index contributed by atoms with van der Waals surface area (Å²) in [5.41, 5.74) is 1.80. The van der Waals surface area contributed by atoms with Crippen LogP contribution in [0.25, 0.3) is 0 Å². The normalized spacial score (nSPS) is 20.5. The fourth-order valence-electron chi connectivity index (χ4n) is 4.98. The van der Waals surface area contributed by atoms with Crippen LogP contribution in [-0.4, -0.2) is 45.9 Å². The Morgan fingerprint density at radius 1 is 0.789 bits per heavy atom. The maximum Gasteiger partial charge on any atom is 0.266 e. The van der Waals surface area contributed by atoms with Crippen molar-refractivity contribution in [2.45, 2.75) is 25.5 Å². The molecule has 198 valence electrons. The average molecular weight is 519 g/mol. The van der Waals surface area contributed by atoms with E-state index in [1.165, 1.54) is 19.1 Å². The van der Waals surface area contributed by atoms with Crippen molar-refractivity contribution in [1.82, 2.24) is 0 Å². The maximum absolute atomic E-state index is 14.0. The minimum absolute atomic E-state index is 0.359.